The molecule has 1 aliphatic carbocycles. The van der Waals surface area contributed by atoms with E-state index in [1.165, 1.54) is 0 Å². The lowest BCUT2D eigenvalue weighted by Crippen LogP contribution is -2.49. The number of hydrogen-bond donors (Lipinski definition) is 3. The first kappa shape index (κ1) is 17.7. The van der Waals surface area contributed by atoms with Gasteiger partial charge in [-0.3, -0.25) is 13.9 Å². The highest BCUT2D eigenvalue weighted by molar-refractivity contribution is 8.22. The molecule has 0 aromatic carbocycles. The number of amides is 1. The summed E-state index contributed by atoms with van der Waals surface area (Å²) in [7, 11) is -2.69. The zero-order chi connectivity index (χ0) is 17.3. The summed E-state index contributed by atoms with van der Waals surface area (Å²) in [6.45, 7) is 4.49. The van der Waals surface area contributed by atoms with Crippen LogP contribution in [-0.2, 0) is 0 Å². The number of carbonyl (C=O) groups is 1. The third-order valence-corrected chi connectivity index (χ3v) is 6.99. The Kier molecular flexibility index (Phi) is 5.19. The molecule has 1 amide bonds. The zero-order valence-electron chi connectivity index (χ0n) is 14.3. The SMILES string of the molecule is CCCS(O)(O)N1CC[C@@H](NC(=O)c2cc(C3CC3)on2)C[C@@H]1C.[HH]. The maximum absolute atomic E-state index is 12.3. The molecule has 1 aromatic heterocycles. The maximum Gasteiger partial charge on any atom is 0.273 e. The predicted molar refractivity (Wildman–Crippen MR) is 95.3 cm³/mol. The first-order valence-electron chi connectivity index (χ1n) is 8.71. The van der Waals surface area contributed by atoms with Crippen molar-refractivity contribution in [3.63, 3.8) is 0 Å². The summed E-state index contributed by atoms with van der Waals surface area (Å²) in [6.07, 6.45) is 4.34. The van der Waals surface area contributed by atoms with Gasteiger partial charge in [0.05, 0.1) is 5.75 Å². The van der Waals surface area contributed by atoms with Gasteiger partial charge in [0, 0.05) is 32.0 Å². The number of rotatable bonds is 6. The minimum absolute atomic E-state index is 0. The Morgan fingerprint density at radius 2 is 2.25 bits per heavy atom. The number of nitrogens with zero attached hydrogens (tertiary/aromatic N) is 2. The van der Waals surface area contributed by atoms with Crippen LogP contribution in [0.25, 0.3) is 0 Å². The van der Waals surface area contributed by atoms with E-state index in [0.717, 1.165) is 25.0 Å². The summed E-state index contributed by atoms with van der Waals surface area (Å²) in [6, 6.07) is 1.77. The number of carbonyl (C=O) groups excluding carboxylic acids is 1. The summed E-state index contributed by atoms with van der Waals surface area (Å²) in [5.41, 5.74) is 0.335. The molecule has 0 radical (unpaired) electrons. The van der Waals surface area contributed by atoms with Gasteiger partial charge in [-0.25, -0.2) is 4.31 Å². The van der Waals surface area contributed by atoms with Gasteiger partial charge in [-0.2, -0.15) is 0 Å². The van der Waals surface area contributed by atoms with Crippen LogP contribution in [-0.4, -0.2) is 48.9 Å². The normalized spacial score (nSPS) is 26.3. The topological polar surface area (TPSA) is 98.8 Å². The molecule has 1 aromatic rings. The minimum Gasteiger partial charge on any atom is -0.360 e. The molecule has 2 aliphatic rings. The van der Waals surface area contributed by atoms with Crippen molar-refractivity contribution in [1.82, 2.24) is 14.8 Å². The van der Waals surface area contributed by atoms with Crippen molar-refractivity contribution in [2.75, 3.05) is 12.3 Å². The van der Waals surface area contributed by atoms with Crippen molar-refractivity contribution in [3.8, 4) is 0 Å². The molecule has 0 bridgehead atoms. The molecule has 3 rings (SSSR count). The van der Waals surface area contributed by atoms with E-state index in [2.05, 4.69) is 10.5 Å². The molecule has 1 saturated heterocycles. The molecular weight excluding hydrogens is 330 g/mol. The van der Waals surface area contributed by atoms with Gasteiger partial charge in [-0.15, -0.1) is 10.8 Å². The second-order valence-corrected chi connectivity index (χ2v) is 9.05. The Bertz CT molecular complexity index is 594. The fourth-order valence-electron chi connectivity index (χ4n) is 3.32. The van der Waals surface area contributed by atoms with Crippen molar-refractivity contribution >= 4 is 16.7 Å². The van der Waals surface area contributed by atoms with Crippen LogP contribution < -0.4 is 5.32 Å². The van der Waals surface area contributed by atoms with E-state index in [1.807, 2.05) is 13.8 Å². The Hall–Kier alpha value is -1.09. The first-order valence-corrected chi connectivity index (χ1v) is 10.4. The van der Waals surface area contributed by atoms with E-state index in [1.54, 1.807) is 10.4 Å². The van der Waals surface area contributed by atoms with Crippen molar-refractivity contribution in [1.29, 1.82) is 0 Å². The number of nitrogens with one attached hydrogen (secondary N) is 1. The summed E-state index contributed by atoms with van der Waals surface area (Å²) in [5.74, 6) is 1.43. The number of hydrogen-bond acceptors (Lipinski definition) is 6. The van der Waals surface area contributed by atoms with Crippen molar-refractivity contribution in [2.45, 2.75) is 64.0 Å². The summed E-state index contributed by atoms with van der Waals surface area (Å²) in [5, 5.41) is 6.87. The average molecular weight is 359 g/mol. The molecule has 2 atom stereocenters. The highest BCUT2D eigenvalue weighted by Gasteiger charge is 2.34. The van der Waals surface area contributed by atoms with Crippen LogP contribution in [0.15, 0.2) is 10.6 Å². The molecule has 0 unspecified atom stereocenters. The molecule has 24 heavy (non-hydrogen) atoms. The third-order valence-electron chi connectivity index (χ3n) is 4.74. The van der Waals surface area contributed by atoms with Gasteiger partial charge in [-0.1, -0.05) is 12.1 Å². The van der Waals surface area contributed by atoms with Crippen molar-refractivity contribution < 1.29 is 19.8 Å². The lowest BCUT2D eigenvalue weighted by molar-refractivity contribution is 0.0903. The average Bonchev–Trinajstić information content (AvgIpc) is 3.24. The van der Waals surface area contributed by atoms with Crippen molar-refractivity contribution in [2.24, 2.45) is 0 Å². The van der Waals surface area contributed by atoms with E-state index in [9.17, 15) is 13.9 Å². The second kappa shape index (κ2) is 7.03. The largest absolute Gasteiger partial charge is 0.360 e. The Morgan fingerprint density at radius 1 is 1.50 bits per heavy atom. The quantitative estimate of drug-likeness (QED) is 0.719. The van der Waals surface area contributed by atoms with Gasteiger partial charge in [0.15, 0.2) is 5.69 Å². The molecule has 3 N–H and O–H groups in total. The summed E-state index contributed by atoms with van der Waals surface area (Å²) >= 11 is 0. The number of aromatic nitrogens is 1. The van der Waals surface area contributed by atoms with Crippen LogP contribution >= 0.6 is 10.8 Å². The van der Waals surface area contributed by atoms with Gasteiger partial charge < -0.3 is 9.84 Å². The van der Waals surface area contributed by atoms with E-state index in [0.29, 0.717) is 36.8 Å². The molecule has 1 aliphatic heterocycles. The smallest absolute Gasteiger partial charge is 0.273 e. The number of piperidine rings is 1. The Morgan fingerprint density at radius 3 is 2.88 bits per heavy atom. The maximum atomic E-state index is 12.3. The first-order chi connectivity index (χ1) is 11.4. The second-order valence-electron chi connectivity index (χ2n) is 6.91. The lowest BCUT2D eigenvalue weighted by atomic mass is 10.0. The van der Waals surface area contributed by atoms with Crippen LogP contribution in [0.3, 0.4) is 0 Å². The van der Waals surface area contributed by atoms with Crippen LogP contribution in [0.1, 0.15) is 69.5 Å². The lowest BCUT2D eigenvalue weighted by Gasteiger charge is -2.49. The molecule has 138 valence electrons. The van der Waals surface area contributed by atoms with E-state index in [-0.39, 0.29) is 19.4 Å². The standard InChI is InChI=1S/C16H27N3O4S.H2/c1-3-8-24(21,22)19-7-6-13(9-11(19)2)17-16(20)14-10-15(23-18-14)12-4-5-12;/h10-13,21-22H,3-9H2,1-2H3,(H,17,20);1H/t11-,13+;/m0./s1. The molecule has 2 heterocycles. The van der Waals surface area contributed by atoms with Gasteiger partial charge in [0.1, 0.15) is 5.76 Å². The van der Waals surface area contributed by atoms with Gasteiger partial charge in [0.2, 0.25) is 0 Å². The molecule has 1 saturated carbocycles. The van der Waals surface area contributed by atoms with Crippen molar-refractivity contribution in [3.05, 3.63) is 17.5 Å². The molecular formula is C16H29N3O4S. The molecule has 2 fully saturated rings. The van der Waals surface area contributed by atoms with Crippen LogP contribution in [0.5, 0.6) is 0 Å². The fourth-order valence-corrected chi connectivity index (χ4v) is 5.17. The van der Waals surface area contributed by atoms with E-state index >= 15 is 0 Å². The zero-order valence-corrected chi connectivity index (χ0v) is 15.1. The van der Waals surface area contributed by atoms with Crippen LogP contribution in [0.4, 0.5) is 0 Å². The highest BCUT2D eigenvalue weighted by Crippen LogP contribution is 2.47. The highest BCUT2D eigenvalue weighted by atomic mass is 32.3. The Balaban J connectivity index is 0.00000225. The van der Waals surface area contributed by atoms with Crippen LogP contribution in [0, 0.1) is 0 Å². The van der Waals surface area contributed by atoms with E-state index in [4.69, 9.17) is 4.52 Å². The summed E-state index contributed by atoms with van der Waals surface area (Å²) in [4.78, 5) is 12.3. The molecule has 8 heteroatoms. The minimum atomic E-state index is -2.69. The van der Waals surface area contributed by atoms with E-state index < -0.39 is 10.8 Å². The predicted octanol–water partition coefficient (Wildman–Crippen LogP) is 3.46. The van der Waals surface area contributed by atoms with Crippen LogP contribution in [0.2, 0.25) is 0 Å². The third kappa shape index (κ3) is 3.93. The van der Waals surface area contributed by atoms with Gasteiger partial charge in [0.25, 0.3) is 5.91 Å². The Labute approximate surface area is 145 Å². The fraction of sp³-hybridized carbons (Fsp3) is 0.750. The monoisotopic (exact) mass is 359 g/mol. The van der Waals surface area contributed by atoms with Gasteiger partial charge >= 0.3 is 0 Å². The van der Waals surface area contributed by atoms with Gasteiger partial charge in [-0.05, 0) is 39.0 Å². The molecule has 7 nitrogen and oxygen atoms in total. The summed E-state index contributed by atoms with van der Waals surface area (Å²) < 4.78 is 27.6. The molecule has 0 spiro atoms.